The van der Waals surface area contributed by atoms with Gasteiger partial charge >= 0.3 is 5.97 Å². The number of unbranched alkanes of at least 4 members (excludes halogenated alkanes) is 15. The lowest BCUT2D eigenvalue weighted by molar-refractivity contribution is -0.135. The zero-order valence-electron chi connectivity index (χ0n) is 18.1. The Bertz CT molecular complexity index is 392. The maximum absolute atomic E-state index is 9.62. The third-order valence-corrected chi connectivity index (χ3v) is 5.07. The summed E-state index contributed by atoms with van der Waals surface area (Å²) in [5.74, 6) is -1.36. The Morgan fingerprint density at radius 2 is 1.07 bits per heavy atom. The molecule has 0 amide bonds. The molecule has 5 nitrogen and oxygen atoms in total. The lowest BCUT2D eigenvalue weighted by Gasteiger charge is -2.04. The van der Waals surface area contributed by atoms with Gasteiger partial charge in [-0.3, -0.25) is 5.41 Å². The van der Waals surface area contributed by atoms with E-state index in [9.17, 15) is 4.79 Å². The third-order valence-electron chi connectivity index (χ3n) is 4.59. The van der Waals surface area contributed by atoms with E-state index in [0.29, 0.717) is 0 Å². The van der Waals surface area contributed by atoms with Gasteiger partial charge < -0.3 is 16.2 Å². The molecule has 0 aliphatic rings. The van der Waals surface area contributed by atoms with E-state index >= 15 is 0 Å². The molecule has 29 heavy (non-hydrogen) atoms. The summed E-state index contributed by atoms with van der Waals surface area (Å²) in [6.07, 6.45) is 22.3. The summed E-state index contributed by atoms with van der Waals surface area (Å²) in [5, 5.41) is 17.8. The molecule has 0 unspecified atom stereocenters. The fourth-order valence-corrected chi connectivity index (χ4v) is 2.90. The van der Waals surface area contributed by atoms with Crippen molar-refractivity contribution in [2.24, 2.45) is 5.73 Å². The van der Waals surface area contributed by atoms with Crippen LogP contribution in [-0.2, 0) is 4.79 Å². The van der Waals surface area contributed by atoms with Gasteiger partial charge in [-0.15, -0.1) is 0 Å². The highest BCUT2D eigenvalue weighted by atomic mass is 35.6. The molecule has 0 radical (unpaired) electrons. The molecule has 0 fully saturated rings. The Morgan fingerprint density at radius 3 is 1.31 bits per heavy atom. The van der Waals surface area contributed by atoms with Crippen LogP contribution < -0.4 is 11.1 Å². The lowest BCUT2D eigenvalue weighted by atomic mass is 10.0. The second kappa shape index (κ2) is 22.3. The largest absolute Gasteiger partial charge is 0.478 e. The van der Waals surface area contributed by atoms with Gasteiger partial charge in [0.05, 0.1) is 0 Å². The smallest absolute Gasteiger partial charge is 0.356 e. The number of aliphatic carboxylic acids is 1. The van der Waals surface area contributed by atoms with Crippen LogP contribution in [0, 0.1) is 5.41 Å². The first-order valence-electron chi connectivity index (χ1n) is 11.1. The minimum atomic E-state index is -2.17. The molecule has 0 saturated heterocycles. The molecule has 5 N–H and O–H groups in total. The first-order chi connectivity index (χ1) is 13.7. The van der Waals surface area contributed by atoms with Crippen LogP contribution in [0.1, 0.15) is 110 Å². The fourth-order valence-electron chi connectivity index (χ4n) is 2.90. The van der Waals surface area contributed by atoms with E-state index in [4.69, 9.17) is 51.1 Å². The van der Waals surface area contributed by atoms with Crippen molar-refractivity contribution in [3.8, 4) is 0 Å². The van der Waals surface area contributed by atoms with Crippen molar-refractivity contribution in [2.45, 2.75) is 113 Å². The van der Waals surface area contributed by atoms with Crippen molar-refractivity contribution < 1.29 is 9.90 Å². The second-order valence-corrected chi connectivity index (χ2v) is 9.73. The van der Waals surface area contributed by atoms with Gasteiger partial charge in [0, 0.05) is 6.54 Å². The number of carboxylic acid groups (broad SMARTS) is 1. The summed E-state index contributed by atoms with van der Waals surface area (Å²) in [5.41, 5.74) is 5.23. The summed E-state index contributed by atoms with van der Waals surface area (Å²) in [6.45, 7) is 3.14. The van der Waals surface area contributed by atoms with Crippen molar-refractivity contribution in [3.63, 3.8) is 0 Å². The van der Waals surface area contributed by atoms with Crippen LogP contribution in [0.25, 0.3) is 0 Å². The molecule has 0 atom stereocenters. The number of hydrogen-bond acceptors (Lipinski definition) is 2. The van der Waals surface area contributed by atoms with Gasteiger partial charge in [0.2, 0.25) is 0 Å². The van der Waals surface area contributed by atoms with Crippen molar-refractivity contribution in [1.29, 1.82) is 5.41 Å². The monoisotopic (exact) mass is 473 g/mol. The van der Waals surface area contributed by atoms with Crippen molar-refractivity contribution in [2.75, 3.05) is 6.54 Å². The van der Waals surface area contributed by atoms with Crippen LogP contribution in [0.4, 0.5) is 0 Å². The molecule has 8 heteroatoms. The van der Waals surface area contributed by atoms with Gasteiger partial charge in [-0.05, 0) is 6.42 Å². The number of hydrogen-bond donors (Lipinski definition) is 4. The van der Waals surface area contributed by atoms with Crippen LogP contribution in [0.5, 0.6) is 0 Å². The van der Waals surface area contributed by atoms with Gasteiger partial charge in [-0.2, -0.15) is 0 Å². The zero-order valence-corrected chi connectivity index (χ0v) is 20.4. The number of nitrogens with two attached hydrogens (primary N) is 1. The Balaban J connectivity index is 0. The quantitative estimate of drug-likeness (QED) is 0.0776. The Morgan fingerprint density at radius 1 is 0.793 bits per heavy atom. The topological polar surface area (TPSA) is 99.2 Å². The molecule has 0 bridgehead atoms. The minimum Gasteiger partial charge on any atom is -0.478 e. The van der Waals surface area contributed by atoms with E-state index in [2.05, 4.69) is 12.2 Å². The van der Waals surface area contributed by atoms with E-state index < -0.39 is 9.76 Å². The van der Waals surface area contributed by atoms with E-state index in [1.165, 1.54) is 96.3 Å². The predicted octanol–water partition coefficient (Wildman–Crippen LogP) is 7.17. The van der Waals surface area contributed by atoms with Gasteiger partial charge in [0.25, 0.3) is 3.79 Å². The minimum absolute atomic E-state index is 0.0981. The van der Waals surface area contributed by atoms with Crippen LogP contribution in [0.2, 0.25) is 0 Å². The number of halogens is 3. The molecule has 0 heterocycles. The third kappa shape index (κ3) is 29.9. The van der Waals surface area contributed by atoms with Gasteiger partial charge in [0.1, 0.15) is 0 Å². The number of carboxylic acids is 1. The maximum Gasteiger partial charge on any atom is 0.356 e. The van der Waals surface area contributed by atoms with Gasteiger partial charge in [-0.25, -0.2) is 4.79 Å². The first kappa shape index (κ1) is 30.8. The van der Waals surface area contributed by atoms with E-state index in [1.807, 2.05) is 0 Å². The Kier molecular flexibility index (Phi) is 23.7. The number of carbonyl (C=O) groups is 1. The Labute approximate surface area is 192 Å². The molecule has 0 spiro atoms. The molecule has 0 aliphatic heterocycles. The van der Waals surface area contributed by atoms with E-state index in [0.717, 1.165) is 13.0 Å². The van der Waals surface area contributed by atoms with Gasteiger partial charge in [0.15, 0.2) is 5.96 Å². The summed E-state index contributed by atoms with van der Waals surface area (Å²) in [7, 11) is 0. The maximum atomic E-state index is 9.62. The van der Waals surface area contributed by atoms with Crippen LogP contribution >= 0.6 is 34.8 Å². The molecule has 0 aliphatic carbocycles. The van der Waals surface area contributed by atoms with Crippen LogP contribution in [0.3, 0.4) is 0 Å². The summed E-state index contributed by atoms with van der Waals surface area (Å²) >= 11 is 14.4. The summed E-state index contributed by atoms with van der Waals surface area (Å²) < 4.78 is -2.17. The molecule has 0 aromatic heterocycles. The van der Waals surface area contributed by atoms with Crippen molar-refractivity contribution in [1.82, 2.24) is 5.32 Å². The Hall–Kier alpha value is -0.390. The molecule has 0 saturated carbocycles. The number of nitrogens with one attached hydrogen (secondary N) is 2. The van der Waals surface area contributed by atoms with E-state index in [-0.39, 0.29) is 5.96 Å². The molecule has 0 rings (SSSR count). The highest BCUT2D eigenvalue weighted by Gasteiger charge is 2.29. The SMILES string of the molecule is CCCCCCCCCCCCCCCCCCNC(=N)N.O=C(O)C(Cl)(Cl)Cl. The van der Waals surface area contributed by atoms with Crippen LogP contribution in [0.15, 0.2) is 0 Å². The molecular weight excluding hydrogens is 433 g/mol. The first-order valence-corrected chi connectivity index (χ1v) is 12.2. The molecule has 0 aromatic carbocycles. The summed E-state index contributed by atoms with van der Waals surface area (Å²) in [6, 6.07) is 0. The predicted molar refractivity (Wildman–Crippen MR) is 127 cm³/mol. The molecule has 174 valence electrons. The standard InChI is InChI=1S/C19H41N3.C2HCl3O2/c1-2-3-4-5-6-7-8-9-10-11-12-13-14-15-16-17-18-22-19(20)21;3-2(4,5)1(6)7/h2-18H2,1H3,(H4,20,21,22);(H,6,7). The fraction of sp³-hybridized carbons (Fsp3) is 0.905. The van der Waals surface area contributed by atoms with Crippen molar-refractivity contribution >= 4 is 46.7 Å². The summed E-state index contributed by atoms with van der Waals surface area (Å²) in [4.78, 5) is 9.62. The average Bonchev–Trinajstić information content (AvgIpc) is 2.63. The van der Waals surface area contributed by atoms with E-state index in [1.54, 1.807) is 0 Å². The normalized spacial score (nSPS) is 10.9. The lowest BCUT2D eigenvalue weighted by Crippen LogP contribution is -2.30. The highest BCUT2D eigenvalue weighted by Crippen LogP contribution is 2.25. The number of alkyl halides is 3. The number of guanidine groups is 1. The number of rotatable bonds is 17. The van der Waals surface area contributed by atoms with Crippen molar-refractivity contribution in [3.05, 3.63) is 0 Å². The second-order valence-electron chi connectivity index (χ2n) is 7.45. The van der Waals surface area contributed by atoms with Crippen LogP contribution in [-0.4, -0.2) is 27.4 Å². The van der Waals surface area contributed by atoms with Gasteiger partial charge in [-0.1, -0.05) is 138 Å². The average molecular weight is 475 g/mol. The highest BCUT2D eigenvalue weighted by molar-refractivity contribution is 6.75. The molecule has 0 aromatic rings. The zero-order chi connectivity index (χ0) is 22.4. The molecular formula is C21H42Cl3N3O2.